The van der Waals surface area contributed by atoms with Crippen molar-refractivity contribution in [2.24, 2.45) is 0 Å². The molecule has 2 aliphatic rings. The van der Waals surface area contributed by atoms with Gasteiger partial charge in [-0.3, -0.25) is 4.79 Å². The minimum atomic E-state index is -3.58. The second-order valence-electron chi connectivity index (χ2n) is 8.38. The number of carbonyl (C=O) groups is 1. The fraction of sp³-hybridized carbons (Fsp3) is 0.333. The van der Waals surface area contributed by atoms with Crippen LogP contribution in [0.15, 0.2) is 59.5 Å². The number of fused-ring (bicyclic) bond motifs is 1. The van der Waals surface area contributed by atoms with Crippen LogP contribution >= 0.6 is 0 Å². The van der Waals surface area contributed by atoms with Crippen molar-refractivity contribution in [3.05, 3.63) is 77.4 Å². The molecule has 0 bridgehead atoms. The van der Waals surface area contributed by atoms with Crippen molar-refractivity contribution in [1.82, 2.24) is 19.0 Å². The van der Waals surface area contributed by atoms with Gasteiger partial charge in [0.1, 0.15) is 5.82 Å². The van der Waals surface area contributed by atoms with E-state index in [2.05, 4.69) is 5.10 Å². The Bertz CT molecular complexity index is 1270. The number of sulfonamides is 1. The van der Waals surface area contributed by atoms with Crippen LogP contribution in [-0.4, -0.2) is 59.5 Å². The van der Waals surface area contributed by atoms with Crippen molar-refractivity contribution in [1.29, 1.82) is 0 Å². The Kier molecular flexibility index (Phi) is 5.76. The van der Waals surface area contributed by atoms with Crippen LogP contribution in [-0.2, 0) is 22.9 Å². The van der Waals surface area contributed by atoms with Crippen molar-refractivity contribution in [2.75, 3.05) is 26.2 Å². The molecule has 33 heavy (non-hydrogen) atoms. The van der Waals surface area contributed by atoms with Crippen LogP contribution in [0.1, 0.15) is 34.6 Å². The summed E-state index contributed by atoms with van der Waals surface area (Å²) in [5.74, 6) is -0.495. The number of aromatic nitrogens is 2. The maximum atomic E-state index is 13.4. The van der Waals surface area contributed by atoms with Gasteiger partial charge in [-0.1, -0.05) is 18.2 Å². The molecular formula is C24H25FN4O3S. The van der Waals surface area contributed by atoms with Crippen LogP contribution < -0.4 is 0 Å². The molecule has 2 heterocycles. The summed E-state index contributed by atoms with van der Waals surface area (Å²) in [7, 11) is -3.58. The lowest BCUT2D eigenvalue weighted by Gasteiger charge is -2.33. The molecular weight excluding hydrogens is 443 g/mol. The van der Waals surface area contributed by atoms with Crippen molar-refractivity contribution in [2.45, 2.75) is 30.6 Å². The maximum absolute atomic E-state index is 13.4. The van der Waals surface area contributed by atoms with E-state index in [0.717, 1.165) is 42.6 Å². The quantitative estimate of drug-likeness (QED) is 0.590. The van der Waals surface area contributed by atoms with E-state index < -0.39 is 10.0 Å². The highest BCUT2D eigenvalue weighted by Gasteiger charge is 2.33. The number of benzene rings is 2. The molecule has 9 heteroatoms. The second-order valence-corrected chi connectivity index (χ2v) is 10.3. The van der Waals surface area contributed by atoms with Gasteiger partial charge in [0.2, 0.25) is 10.0 Å². The molecule has 1 aliphatic carbocycles. The summed E-state index contributed by atoms with van der Waals surface area (Å²) in [6.45, 7) is 1.10. The van der Waals surface area contributed by atoms with E-state index in [1.54, 1.807) is 52.0 Å². The van der Waals surface area contributed by atoms with Gasteiger partial charge in [-0.15, -0.1) is 0 Å². The topological polar surface area (TPSA) is 75.5 Å². The molecule has 1 saturated heterocycles. The minimum Gasteiger partial charge on any atom is -0.335 e. The van der Waals surface area contributed by atoms with Crippen LogP contribution in [0.2, 0.25) is 0 Å². The monoisotopic (exact) mass is 468 g/mol. The van der Waals surface area contributed by atoms with Crippen LogP contribution in [0.3, 0.4) is 0 Å². The third kappa shape index (κ3) is 4.06. The van der Waals surface area contributed by atoms with Gasteiger partial charge >= 0.3 is 0 Å². The highest BCUT2D eigenvalue weighted by molar-refractivity contribution is 7.89. The number of amides is 1. The molecule has 1 amide bonds. The first-order chi connectivity index (χ1) is 15.9. The number of rotatable bonds is 4. The highest BCUT2D eigenvalue weighted by atomic mass is 32.2. The van der Waals surface area contributed by atoms with Crippen LogP contribution in [0.5, 0.6) is 0 Å². The smallest absolute Gasteiger partial charge is 0.274 e. The predicted octanol–water partition coefficient (Wildman–Crippen LogP) is 3.04. The first kappa shape index (κ1) is 21.8. The van der Waals surface area contributed by atoms with E-state index in [4.69, 9.17) is 0 Å². The highest BCUT2D eigenvalue weighted by Crippen LogP contribution is 2.28. The molecule has 1 aromatic heterocycles. The van der Waals surface area contributed by atoms with Crippen molar-refractivity contribution in [3.8, 4) is 5.69 Å². The normalized spacial score (nSPS) is 17.1. The standard InChI is InChI=1S/C24H25FN4O3S/c25-18-10-12-19(13-11-18)29-22-9-5-4-8-21(22)23(26-29)24(30)27-14-16-28(17-15-27)33(31,32)20-6-2-1-3-7-20/h1-3,6-7,10-13H,4-5,8-9,14-17H2. The number of hydrogen-bond donors (Lipinski definition) is 0. The lowest BCUT2D eigenvalue weighted by molar-refractivity contribution is 0.0690. The Morgan fingerprint density at radius 3 is 2.24 bits per heavy atom. The number of hydrogen-bond acceptors (Lipinski definition) is 4. The molecule has 0 N–H and O–H groups in total. The summed E-state index contributed by atoms with van der Waals surface area (Å²) < 4.78 is 42.4. The molecule has 0 saturated carbocycles. The Labute approximate surface area is 192 Å². The zero-order chi connectivity index (χ0) is 23.0. The van der Waals surface area contributed by atoms with E-state index in [1.807, 2.05) is 0 Å². The predicted molar refractivity (Wildman–Crippen MR) is 121 cm³/mol. The SMILES string of the molecule is O=C(c1nn(-c2ccc(F)cc2)c2c1CCCC2)N1CCN(S(=O)(=O)c2ccccc2)CC1. The largest absolute Gasteiger partial charge is 0.335 e. The Morgan fingerprint density at radius 2 is 1.55 bits per heavy atom. The number of halogens is 1. The third-order valence-corrected chi connectivity index (χ3v) is 8.27. The van der Waals surface area contributed by atoms with Crippen LogP contribution in [0.4, 0.5) is 4.39 Å². The molecule has 0 atom stereocenters. The first-order valence-electron chi connectivity index (χ1n) is 11.2. The number of nitrogens with zero attached hydrogens (tertiary/aromatic N) is 4. The Morgan fingerprint density at radius 1 is 0.879 bits per heavy atom. The number of piperazine rings is 1. The van der Waals surface area contributed by atoms with E-state index in [9.17, 15) is 17.6 Å². The summed E-state index contributed by atoms with van der Waals surface area (Å²) in [6, 6.07) is 14.5. The second kappa shape index (κ2) is 8.72. The fourth-order valence-corrected chi connectivity index (χ4v) is 6.03. The van der Waals surface area contributed by atoms with Crippen molar-refractivity contribution < 1.29 is 17.6 Å². The van der Waals surface area contributed by atoms with Crippen LogP contribution in [0.25, 0.3) is 5.69 Å². The number of carbonyl (C=O) groups excluding carboxylic acids is 1. The average molecular weight is 469 g/mol. The van der Waals surface area contributed by atoms with Gasteiger partial charge in [-0.2, -0.15) is 9.40 Å². The van der Waals surface area contributed by atoms with Crippen molar-refractivity contribution in [3.63, 3.8) is 0 Å². The molecule has 0 spiro atoms. The van der Waals surface area contributed by atoms with Gasteiger partial charge in [0.25, 0.3) is 5.91 Å². The Hall–Kier alpha value is -3.04. The molecule has 5 rings (SSSR count). The summed E-state index contributed by atoms with van der Waals surface area (Å²) >= 11 is 0. The molecule has 1 aliphatic heterocycles. The minimum absolute atomic E-state index is 0.175. The van der Waals surface area contributed by atoms with Gasteiger partial charge in [-0.05, 0) is 62.1 Å². The van der Waals surface area contributed by atoms with Gasteiger partial charge in [0, 0.05) is 37.4 Å². The van der Waals surface area contributed by atoms with Crippen molar-refractivity contribution >= 4 is 15.9 Å². The van der Waals surface area contributed by atoms with Gasteiger partial charge in [-0.25, -0.2) is 17.5 Å². The fourth-order valence-electron chi connectivity index (χ4n) is 4.59. The van der Waals surface area contributed by atoms with E-state index in [0.29, 0.717) is 18.8 Å². The van der Waals surface area contributed by atoms with E-state index in [1.165, 1.54) is 16.4 Å². The lowest BCUT2D eigenvalue weighted by Crippen LogP contribution is -2.50. The lowest BCUT2D eigenvalue weighted by atomic mass is 9.95. The summed E-state index contributed by atoms with van der Waals surface area (Å²) in [5, 5.41) is 4.65. The van der Waals surface area contributed by atoms with E-state index in [-0.39, 0.29) is 29.7 Å². The third-order valence-electron chi connectivity index (χ3n) is 6.36. The molecule has 0 unspecified atom stereocenters. The Balaban J connectivity index is 1.37. The molecule has 172 valence electrons. The molecule has 0 radical (unpaired) electrons. The summed E-state index contributed by atoms with van der Waals surface area (Å²) in [5.41, 5.74) is 3.11. The van der Waals surface area contributed by atoms with Gasteiger partial charge in [0.15, 0.2) is 5.69 Å². The van der Waals surface area contributed by atoms with Gasteiger partial charge < -0.3 is 4.90 Å². The maximum Gasteiger partial charge on any atom is 0.274 e. The molecule has 3 aromatic rings. The molecule has 1 fully saturated rings. The summed E-state index contributed by atoms with van der Waals surface area (Å²) in [6.07, 6.45) is 3.60. The molecule has 2 aromatic carbocycles. The van der Waals surface area contributed by atoms with E-state index >= 15 is 0 Å². The average Bonchev–Trinajstić information content (AvgIpc) is 3.24. The summed E-state index contributed by atoms with van der Waals surface area (Å²) in [4.78, 5) is 15.4. The molecule has 7 nitrogen and oxygen atoms in total. The zero-order valence-corrected chi connectivity index (χ0v) is 19.0. The first-order valence-corrected chi connectivity index (χ1v) is 12.6. The van der Waals surface area contributed by atoms with Gasteiger partial charge in [0.05, 0.1) is 10.6 Å². The zero-order valence-electron chi connectivity index (χ0n) is 18.2. The van der Waals surface area contributed by atoms with Crippen LogP contribution in [0, 0.1) is 5.82 Å².